The number of rotatable bonds is 3. The molecule has 0 N–H and O–H groups in total. The third-order valence-corrected chi connectivity index (χ3v) is 7.29. The molecule has 1 aromatic carbocycles. The summed E-state index contributed by atoms with van der Waals surface area (Å²) in [4.78, 5) is 14.5. The number of benzene rings is 1. The van der Waals surface area contributed by atoms with Crippen LogP contribution in [0.3, 0.4) is 0 Å². The highest BCUT2D eigenvalue weighted by Crippen LogP contribution is 2.28. The third kappa shape index (κ3) is 4.30. The minimum atomic E-state index is -3.65. The van der Waals surface area contributed by atoms with Gasteiger partial charge in [-0.2, -0.15) is 4.31 Å². The molecule has 0 spiro atoms. The second kappa shape index (κ2) is 7.82. The van der Waals surface area contributed by atoms with Crippen LogP contribution in [-0.2, 0) is 14.8 Å². The van der Waals surface area contributed by atoms with Gasteiger partial charge in [0.1, 0.15) is 0 Å². The maximum atomic E-state index is 12.8. The Hall–Kier alpha value is -0.820. The van der Waals surface area contributed by atoms with Crippen LogP contribution in [0, 0.1) is 5.92 Å². The Morgan fingerprint density at radius 2 is 1.48 bits per heavy atom. The first kappa shape index (κ1) is 19.0. The Labute approximate surface area is 158 Å². The van der Waals surface area contributed by atoms with Gasteiger partial charge in [0.15, 0.2) is 0 Å². The van der Waals surface area contributed by atoms with Gasteiger partial charge in [-0.3, -0.25) is 4.79 Å². The Morgan fingerprint density at radius 3 is 2.04 bits per heavy atom. The Balaban J connectivity index is 1.65. The molecule has 0 radical (unpaired) electrons. The Morgan fingerprint density at radius 1 is 0.920 bits per heavy atom. The van der Waals surface area contributed by atoms with Crippen molar-refractivity contribution in [2.24, 2.45) is 5.92 Å². The van der Waals surface area contributed by atoms with E-state index in [4.69, 9.17) is 23.2 Å². The van der Waals surface area contributed by atoms with E-state index in [-0.39, 0.29) is 26.8 Å². The van der Waals surface area contributed by atoms with Gasteiger partial charge in [0.2, 0.25) is 15.9 Å². The number of halogens is 2. The summed E-state index contributed by atoms with van der Waals surface area (Å²) in [6, 6.07) is 4.31. The molecule has 5 nitrogen and oxygen atoms in total. The summed E-state index contributed by atoms with van der Waals surface area (Å²) in [5, 5.41) is 0.578. The van der Waals surface area contributed by atoms with Gasteiger partial charge in [0.05, 0.1) is 4.90 Å². The van der Waals surface area contributed by atoms with Crippen molar-refractivity contribution in [2.75, 3.05) is 26.2 Å². The lowest BCUT2D eigenvalue weighted by Gasteiger charge is -2.36. The second-order valence-corrected chi connectivity index (χ2v) is 9.48. The molecule has 1 saturated heterocycles. The van der Waals surface area contributed by atoms with Crippen molar-refractivity contribution in [3.8, 4) is 0 Å². The standard InChI is InChI=1S/C17H22Cl2N2O3S/c18-14-10-15(19)12-16(11-14)25(23,24)21-8-6-20(7-9-21)17(22)13-4-2-1-3-5-13/h10-13H,1-9H2. The highest BCUT2D eigenvalue weighted by atomic mass is 35.5. The molecule has 1 heterocycles. The van der Waals surface area contributed by atoms with Crippen molar-refractivity contribution in [2.45, 2.75) is 37.0 Å². The van der Waals surface area contributed by atoms with Crippen LogP contribution in [0.2, 0.25) is 10.0 Å². The van der Waals surface area contributed by atoms with Crippen LogP contribution in [0.5, 0.6) is 0 Å². The zero-order chi connectivity index (χ0) is 18.0. The van der Waals surface area contributed by atoms with E-state index in [9.17, 15) is 13.2 Å². The molecule has 2 aliphatic rings. The third-order valence-electron chi connectivity index (χ3n) is 4.98. The van der Waals surface area contributed by atoms with Crippen LogP contribution in [0.25, 0.3) is 0 Å². The van der Waals surface area contributed by atoms with E-state index >= 15 is 0 Å². The molecular formula is C17H22Cl2N2O3S. The average Bonchev–Trinajstić information content (AvgIpc) is 2.61. The quantitative estimate of drug-likeness (QED) is 0.775. The number of hydrogen-bond donors (Lipinski definition) is 0. The van der Waals surface area contributed by atoms with E-state index < -0.39 is 10.0 Å². The van der Waals surface area contributed by atoms with Gasteiger partial charge in [-0.25, -0.2) is 8.42 Å². The fraction of sp³-hybridized carbons (Fsp3) is 0.588. The van der Waals surface area contributed by atoms with E-state index in [2.05, 4.69) is 0 Å². The van der Waals surface area contributed by atoms with E-state index in [1.807, 2.05) is 4.90 Å². The molecular weight excluding hydrogens is 383 g/mol. The lowest BCUT2D eigenvalue weighted by molar-refractivity contribution is -0.137. The minimum Gasteiger partial charge on any atom is -0.340 e. The summed E-state index contributed by atoms with van der Waals surface area (Å²) in [6.45, 7) is 1.46. The lowest BCUT2D eigenvalue weighted by atomic mass is 9.88. The van der Waals surface area contributed by atoms with E-state index in [1.54, 1.807) is 0 Å². The largest absolute Gasteiger partial charge is 0.340 e. The smallest absolute Gasteiger partial charge is 0.243 e. The summed E-state index contributed by atoms with van der Waals surface area (Å²) in [7, 11) is -3.65. The number of carbonyl (C=O) groups excluding carboxylic acids is 1. The molecule has 0 aromatic heterocycles. The van der Waals surface area contributed by atoms with Gasteiger partial charge in [-0.15, -0.1) is 0 Å². The van der Waals surface area contributed by atoms with Crippen molar-refractivity contribution >= 4 is 39.1 Å². The van der Waals surface area contributed by atoms with Crippen molar-refractivity contribution in [3.63, 3.8) is 0 Å². The van der Waals surface area contributed by atoms with Crippen LogP contribution in [0.15, 0.2) is 23.1 Å². The van der Waals surface area contributed by atoms with Gasteiger partial charge in [0.25, 0.3) is 0 Å². The number of piperazine rings is 1. The molecule has 2 fully saturated rings. The van der Waals surface area contributed by atoms with Crippen molar-refractivity contribution in [1.82, 2.24) is 9.21 Å². The maximum absolute atomic E-state index is 12.8. The van der Waals surface area contributed by atoms with Gasteiger partial charge >= 0.3 is 0 Å². The molecule has 25 heavy (non-hydrogen) atoms. The SMILES string of the molecule is O=C(C1CCCCC1)N1CCN(S(=O)(=O)c2cc(Cl)cc(Cl)c2)CC1. The predicted molar refractivity (Wildman–Crippen MR) is 98.4 cm³/mol. The van der Waals surface area contributed by atoms with Gasteiger partial charge in [-0.05, 0) is 31.0 Å². The van der Waals surface area contributed by atoms with Crippen LogP contribution < -0.4 is 0 Å². The van der Waals surface area contributed by atoms with Crippen molar-refractivity contribution < 1.29 is 13.2 Å². The van der Waals surface area contributed by atoms with Crippen LogP contribution in [0.1, 0.15) is 32.1 Å². The molecule has 1 aromatic rings. The fourth-order valence-electron chi connectivity index (χ4n) is 3.58. The van der Waals surface area contributed by atoms with Crippen molar-refractivity contribution in [3.05, 3.63) is 28.2 Å². The Bertz CT molecular complexity index is 720. The molecule has 0 unspecified atom stereocenters. The number of nitrogens with zero attached hydrogens (tertiary/aromatic N) is 2. The first-order valence-electron chi connectivity index (χ1n) is 8.63. The predicted octanol–water partition coefficient (Wildman–Crippen LogP) is 3.41. The summed E-state index contributed by atoms with van der Waals surface area (Å²) in [6.07, 6.45) is 5.34. The molecule has 1 aliphatic carbocycles. The van der Waals surface area contributed by atoms with Crippen LogP contribution in [-0.4, -0.2) is 49.7 Å². The summed E-state index contributed by atoms with van der Waals surface area (Å²) in [5.74, 6) is 0.297. The van der Waals surface area contributed by atoms with E-state index in [0.717, 1.165) is 25.7 Å². The van der Waals surface area contributed by atoms with Gasteiger partial charge in [-0.1, -0.05) is 42.5 Å². The highest BCUT2D eigenvalue weighted by molar-refractivity contribution is 7.89. The lowest BCUT2D eigenvalue weighted by Crippen LogP contribution is -2.52. The zero-order valence-corrected chi connectivity index (χ0v) is 16.3. The molecule has 0 atom stereocenters. The first-order valence-corrected chi connectivity index (χ1v) is 10.8. The summed E-state index contributed by atoms with van der Waals surface area (Å²) < 4.78 is 27.0. The Kier molecular flexibility index (Phi) is 5.93. The van der Waals surface area contributed by atoms with Crippen LogP contribution >= 0.6 is 23.2 Å². The van der Waals surface area contributed by atoms with Gasteiger partial charge in [0, 0.05) is 42.1 Å². The fourth-order valence-corrected chi connectivity index (χ4v) is 5.73. The van der Waals surface area contributed by atoms with Crippen molar-refractivity contribution in [1.29, 1.82) is 0 Å². The first-order chi connectivity index (χ1) is 11.9. The monoisotopic (exact) mass is 404 g/mol. The van der Waals surface area contributed by atoms with E-state index in [1.165, 1.54) is 28.9 Å². The van der Waals surface area contributed by atoms with Gasteiger partial charge < -0.3 is 4.90 Å². The number of carbonyl (C=O) groups is 1. The summed E-state index contributed by atoms with van der Waals surface area (Å²) in [5.41, 5.74) is 0. The molecule has 1 saturated carbocycles. The molecule has 8 heteroatoms. The maximum Gasteiger partial charge on any atom is 0.243 e. The van der Waals surface area contributed by atoms with Crippen LogP contribution in [0.4, 0.5) is 0 Å². The number of sulfonamides is 1. The summed E-state index contributed by atoms with van der Waals surface area (Å²) >= 11 is 11.9. The minimum absolute atomic E-state index is 0.0945. The zero-order valence-electron chi connectivity index (χ0n) is 14.0. The highest BCUT2D eigenvalue weighted by Gasteiger charge is 2.33. The normalized spacial score (nSPS) is 20.6. The average molecular weight is 405 g/mol. The molecule has 138 valence electrons. The number of hydrogen-bond acceptors (Lipinski definition) is 3. The molecule has 1 amide bonds. The molecule has 3 rings (SSSR count). The molecule has 0 bridgehead atoms. The number of amides is 1. The topological polar surface area (TPSA) is 57.7 Å². The second-order valence-electron chi connectivity index (χ2n) is 6.67. The molecule has 1 aliphatic heterocycles. The van der Waals surface area contributed by atoms with E-state index in [0.29, 0.717) is 26.2 Å².